The molecule has 0 fully saturated rings. The second kappa shape index (κ2) is 7.70. The molecular formula is C20H19ClFN3O. The average Bonchev–Trinajstić information content (AvgIpc) is 3.06. The molecule has 0 aliphatic carbocycles. The first kappa shape index (κ1) is 18.1. The smallest absolute Gasteiger partial charge is 0.255 e. The van der Waals surface area contributed by atoms with E-state index in [1.165, 1.54) is 12.1 Å². The Hall–Kier alpha value is -2.66. The molecule has 0 radical (unpaired) electrons. The predicted molar refractivity (Wildman–Crippen MR) is 100 cm³/mol. The van der Waals surface area contributed by atoms with Gasteiger partial charge in [0.15, 0.2) is 0 Å². The van der Waals surface area contributed by atoms with Gasteiger partial charge in [-0.25, -0.2) is 9.07 Å². The van der Waals surface area contributed by atoms with E-state index < -0.39 is 0 Å². The number of carbonyl (C=O) groups is 1. The molecule has 2 aromatic carbocycles. The van der Waals surface area contributed by atoms with Crippen molar-refractivity contribution >= 4 is 17.5 Å². The molecule has 134 valence electrons. The quantitative estimate of drug-likeness (QED) is 0.705. The number of benzene rings is 2. The minimum absolute atomic E-state index is 0.0862. The van der Waals surface area contributed by atoms with E-state index in [0.29, 0.717) is 16.1 Å². The molecule has 0 unspecified atom stereocenters. The molecule has 0 spiro atoms. The minimum Gasteiger partial charge on any atom is -0.348 e. The highest BCUT2D eigenvalue weighted by molar-refractivity contribution is 6.30. The predicted octanol–water partition coefficient (Wildman–Crippen LogP) is 4.72. The van der Waals surface area contributed by atoms with Crippen molar-refractivity contribution in [1.82, 2.24) is 15.1 Å². The van der Waals surface area contributed by atoms with Crippen LogP contribution in [0.4, 0.5) is 4.39 Å². The standard InChI is InChI=1S/C20H19ClFN3O/c1-13(2)19-18(12-24-25(19)17-8-6-15(21)7-9-17)20(26)23-11-14-4-3-5-16(22)10-14/h3-10,12-13H,11H2,1-2H3,(H,23,26). The molecule has 0 aliphatic rings. The highest BCUT2D eigenvalue weighted by Gasteiger charge is 2.20. The van der Waals surface area contributed by atoms with Gasteiger partial charge < -0.3 is 5.32 Å². The molecule has 1 heterocycles. The highest BCUT2D eigenvalue weighted by atomic mass is 35.5. The Balaban J connectivity index is 1.85. The first-order chi connectivity index (χ1) is 12.5. The van der Waals surface area contributed by atoms with Crippen molar-refractivity contribution in [2.45, 2.75) is 26.3 Å². The van der Waals surface area contributed by atoms with Gasteiger partial charge in [-0.05, 0) is 47.9 Å². The van der Waals surface area contributed by atoms with Crippen molar-refractivity contribution in [3.8, 4) is 5.69 Å². The summed E-state index contributed by atoms with van der Waals surface area (Å²) in [7, 11) is 0. The van der Waals surface area contributed by atoms with Crippen molar-refractivity contribution in [3.63, 3.8) is 0 Å². The summed E-state index contributed by atoms with van der Waals surface area (Å²) < 4.78 is 15.0. The van der Waals surface area contributed by atoms with E-state index in [2.05, 4.69) is 10.4 Å². The Morgan fingerprint density at radius 1 is 1.23 bits per heavy atom. The van der Waals surface area contributed by atoms with Crippen LogP contribution in [0.25, 0.3) is 5.69 Å². The molecule has 6 heteroatoms. The summed E-state index contributed by atoms with van der Waals surface area (Å²) in [5.74, 6) is -0.476. The van der Waals surface area contributed by atoms with E-state index in [4.69, 9.17) is 11.6 Å². The molecule has 0 bridgehead atoms. The largest absolute Gasteiger partial charge is 0.348 e. The number of nitrogens with one attached hydrogen (secondary N) is 1. The summed E-state index contributed by atoms with van der Waals surface area (Å²) in [4.78, 5) is 12.6. The molecule has 0 atom stereocenters. The topological polar surface area (TPSA) is 46.9 Å². The zero-order valence-electron chi connectivity index (χ0n) is 14.5. The third-order valence-electron chi connectivity index (χ3n) is 4.01. The van der Waals surface area contributed by atoms with Gasteiger partial charge in [-0.3, -0.25) is 4.79 Å². The fraction of sp³-hybridized carbons (Fsp3) is 0.200. The summed E-state index contributed by atoms with van der Waals surface area (Å²) in [5, 5.41) is 7.85. The van der Waals surface area contributed by atoms with Crippen LogP contribution in [0.1, 0.15) is 41.4 Å². The van der Waals surface area contributed by atoms with Crippen molar-refractivity contribution < 1.29 is 9.18 Å². The van der Waals surface area contributed by atoms with E-state index in [1.54, 1.807) is 35.1 Å². The lowest BCUT2D eigenvalue weighted by Crippen LogP contribution is -2.24. The lowest BCUT2D eigenvalue weighted by molar-refractivity contribution is 0.0949. The van der Waals surface area contributed by atoms with Gasteiger partial charge in [0.05, 0.1) is 23.1 Å². The van der Waals surface area contributed by atoms with Crippen molar-refractivity contribution in [3.05, 3.63) is 82.4 Å². The maximum atomic E-state index is 13.3. The van der Waals surface area contributed by atoms with Gasteiger partial charge in [-0.2, -0.15) is 5.10 Å². The monoisotopic (exact) mass is 371 g/mol. The van der Waals surface area contributed by atoms with Crippen LogP contribution in [-0.4, -0.2) is 15.7 Å². The van der Waals surface area contributed by atoms with Crippen LogP contribution in [0.5, 0.6) is 0 Å². The molecule has 1 amide bonds. The lowest BCUT2D eigenvalue weighted by atomic mass is 10.0. The zero-order valence-corrected chi connectivity index (χ0v) is 15.3. The summed E-state index contributed by atoms with van der Waals surface area (Å²) in [5.41, 5.74) is 2.85. The van der Waals surface area contributed by atoms with Crippen LogP contribution in [0.2, 0.25) is 5.02 Å². The fourth-order valence-electron chi connectivity index (χ4n) is 2.80. The van der Waals surface area contributed by atoms with Gasteiger partial charge in [0, 0.05) is 11.6 Å². The number of hydrogen-bond donors (Lipinski definition) is 1. The molecule has 26 heavy (non-hydrogen) atoms. The van der Waals surface area contributed by atoms with Crippen molar-refractivity contribution in [2.75, 3.05) is 0 Å². The molecule has 1 N–H and O–H groups in total. The summed E-state index contributed by atoms with van der Waals surface area (Å²) in [6.07, 6.45) is 1.56. The molecule has 0 saturated carbocycles. The fourth-order valence-corrected chi connectivity index (χ4v) is 2.93. The Bertz CT molecular complexity index is 919. The lowest BCUT2D eigenvalue weighted by Gasteiger charge is -2.13. The second-order valence-corrected chi connectivity index (χ2v) is 6.74. The summed E-state index contributed by atoms with van der Waals surface area (Å²) in [6, 6.07) is 13.4. The molecule has 3 rings (SSSR count). The van der Waals surface area contributed by atoms with Crippen LogP contribution in [0.15, 0.2) is 54.7 Å². The average molecular weight is 372 g/mol. The number of carbonyl (C=O) groups excluding carboxylic acids is 1. The number of aromatic nitrogens is 2. The van der Waals surface area contributed by atoms with Crippen LogP contribution in [0, 0.1) is 5.82 Å². The minimum atomic E-state index is -0.324. The van der Waals surface area contributed by atoms with Gasteiger partial charge in [-0.15, -0.1) is 0 Å². The molecule has 3 aromatic rings. The number of rotatable bonds is 5. The van der Waals surface area contributed by atoms with E-state index in [-0.39, 0.29) is 24.2 Å². The van der Waals surface area contributed by atoms with E-state index in [1.807, 2.05) is 26.0 Å². The molecule has 0 aliphatic heterocycles. The molecule has 0 saturated heterocycles. The maximum absolute atomic E-state index is 13.3. The van der Waals surface area contributed by atoms with Crippen LogP contribution < -0.4 is 5.32 Å². The van der Waals surface area contributed by atoms with Crippen LogP contribution in [0.3, 0.4) is 0 Å². The van der Waals surface area contributed by atoms with E-state index in [0.717, 1.165) is 11.4 Å². The Labute approximate surface area is 156 Å². The Morgan fingerprint density at radius 2 is 1.96 bits per heavy atom. The Kier molecular flexibility index (Phi) is 5.38. The number of amides is 1. The first-order valence-corrected chi connectivity index (χ1v) is 8.70. The zero-order chi connectivity index (χ0) is 18.7. The van der Waals surface area contributed by atoms with Crippen LogP contribution in [-0.2, 0) is 6.54 Å². The maximum Gasteiger partial charge on any atom is 0.255 e. The van der Waals surface area contributed by atoms with Gasteiger partial charge in [0.1, 0.15) is 5.82 Å². The SMILES string of the molecule is CC(C)c1c(C(=O)NCc2cccc(F)c2)cnn1-c1ccc(Cl)cc1. The van der Waals surface area contributed by atoms with Gasteiger partial charge in [-0.1, -0.05) is 37.6 Å². The van der Waals surface area contributed by atoms with E-state index in [9.17, 15) is 9.18 Å². The van der Waals surface area contributed by atoms with Crippen molar-refractivity contribution in [2.24, 2.45) is 0 Å². The normalized spacial score (nSPS) is 11.0. The first-order valence-electron chi connectivity index (χ1n) is 8.32. The van der Waals surface area contributed by atoms with Gasteiger partial charge >= 0.3 is 0 Å². The third kappa shape index (κ3) is 3.94. The van der Waals surface area contributed by atoms with E-state index >= 15 is 0 Å². The van der Waals surface area contributed by atoms with Gasteiger partial charge in [0.25, 0.3) is 5.91 Å². The molecular weight excluding hydrogens is 353 g/mol. The second-order valence-electron chi connectivity index (χ2n) is 6.30. The van der Waals surface area contributed by atoms with Crippen LogP contribution >= 0.6 is 11.6 Å². The number of nitrogens with zero attached hydrogens (tertiary/aromatic N) is 2. The summed E-state index contributed by atoms with van der Waals surface area (Å²) in [6.45, 7) is 4.26. The summed E-state index contributed by atoms with van der Waals surface area (Å²) >= 11 is 5.95. The molecule has 1 aromatic heterocycles. The van der Waals surface area contributed by atoms with Gasteiger partial charge in [0.2, 0.25) is 0 Å². The Morgan fingerprint density at radius 3 is 2.62 bits per heavy atom. The molecule has 4 nitrogen and oxygen atoms in total. The number of hydrogen-bond acceptors (Lipinski definition) is 2. The third-order valence-corrected chi connectivity index (χ3v) is 4.26. The van der Waals surface area contributed by atoms with Crippen molar-refractivity contribution in [1.29, 1.82) is 0 Å². The number of halogens is 2. The highest BCUT2D eigenvalue weighted by Crippen LogP contribution is 2.24.